The molecule has 0 heterocycles. The van der Waals surface area contributed by atoms with E-state index in [1.807, 2.05) is 13.0 Å². The van der Waals surface area contributed by atoms with Gasteiger partial charge < -0.3 is 5.32 Å². The summed E-state index contributed by atoms with van der Waals surface area (Å²) in [6, 6.07) is 21.8. The number of amides is 1. The summed E-state index contributed by atoms with van der Waals surface area (Å²) in [5.41, 5.74) is 1.73. The third-order valence-electron chi connectivity index (χ3n) is 4.06. The van der Waals surface area contributed by atoms with Crippen molar-refractivity contribution in [3.63, 3.8) is 0 Å². The van der Waals surface area contributed by atoms with E-state index in [0.717, 1.165) is 9.87 Å². The van der Waals surface area contributed by atoms with Crippen molar-refractivity contribution in [2.24, 2.45) is 0 Å². The molecule has 3 aromatic carbocycles. The molecule has 1 amide bonds. The Balaban J connectivity index is 1.95. The minimum atomic E-state index is -3.93. The lowest BCUT2D eigenvalue weighted by Gasteiger charge is -2.24. The van der Waals surface area contributed by atoms with Crippen LogP contribution in [0.5, 0.6) is 0 Å². The second-order valence-electron chi connectivity index (χ2n) is 6.19. The topological polar surface area (TPSA) is 66.5 Å². The number of nitrogens with zero attached hydrogens (tertiary/aromatic N) is 1. The smallest absolute Gasteiger partial charge is 0.264 e. The quantitative estimate of drug-likeness (QED) is 0.646. The highest BCUT2D eigenvalue weighted by molar-refractivity contribution is 7.92. The predicted molar refractivity (Wildman–Crippen MR) is 112 cm³/mol. The zero-order valence-electron chi connectivity index (χ0n) is 15.2. The van der Waals surface area contributed by atoms with Crippen LogP contribution in [0.25, 0.3) is 0 Å². The van der Waals surface area contributed by atoms with Crippen LogP contribution >= 0.6 is 11.6 Å². The van der Waals surface area contributed by atoms with E-state index in [2.05, 4.69) is 5.32 Å². The first-order valence-electron chi connectivity index (χ1n) is 8.57. The molecule has 3 aromatic rings. The van der Waals surface area contributed by atoms with Crippen LogP contribution in [0.4, 0.5) is 11.4 Å². The molecule has 0 atom stereocenters. The summed E-state index contributed by atoms with van der Waals surface area (Å²) in [5.74, 6) is -0.492. The highest BCUT2D eigenvalue weighted by Crippen LogP contribution is 2.25. The van der Waals surface area contributed by atoms with Crippen LogP contribution in [0, 0.1) is 6.92 Å². The van der Waals surface area contributed by atoms with Gasteiger partial charge in [0.25, 0.3) is 10.0 Å². The highest BCUT2D eigenvalue weighted by Gasteiger charge is 2.27. The van der Waals surface area contributed by atoms with Crippen molar-refractivity contribution < 1.29 is 13.2 Å². The maximum absolute atomic E-state index is 13.2. The lowest BCUT2D eigenvalue weighted by atomic mass is 10.2. The lowest BCUT2D eigenvalue weighted by Crippen LogP contribution is -2.38. The van der Waals surface area contributed by atoms with Gasteiger partial charge in [-0.1, -0.05) is 54.1 Å². The maximum atomic E-state index is 13.2. The SMILES string of the molecule is Cc1cccc(N(CC(=O)Nc2ccccc2Cl)S(=O)(=O)c2ccccc2)c1. The number of carbonyl (C=O) groups is 1. The van der Waals surface area contributed by atoms with Crippen LogP contribution in [-0.4, -0.2) is 20.9 Å². The van der Waals surface area contributed by atoms with E-state index in [1.54, 1.807) is 60.7 Å². The molecule has 0 radical (unpaired) electrons. The Morgan fingerprint density at radius 3 is 2.32 bits per heavy atom. The molecule has 0 bridgehead atoms. The van der Waals surface area contributed by atoms with Crippen molar-refractivity contribution in [1.82, 2.24) is 0 Å². The van der Waals surface area contributed by atoms with Gasteiger partial charge in [0.2, 0.25) is 5.91 Å². The summed E-state index contributed by atoms with van der Waals surface area (Å²) >= 11 is 6.08. The third-order valence-corrected chi connectivity index (χ3v) is 6.17. The van der Waals surface area contributed by atoms with E-state index in [0.29, 0.717) is 16.4 Å². The average Bonchev–Trinajstić information content (AvgIpc) is 2.68. The lowest BCUT2D eigenvalue weighted by molar-refractivity contribution is -0.114. The van der Waals surface area contributed by atoms with Gasteiger partial charge in [0, 0.05) is 0 Å². The summed E-state index contributed by atoms with van der Waals surface area (Å²) in [6.07, 6.45) is 0. The second kappa shape index (κ2) is 8.46. The Hall–Kier alpha value is -2.83. The van der Waals surface area contributed by atoms with Gasteiger partial charge in [-0.2, -0.15) is 0 Å². The van der Waals surface area contributed by atoms with E-state index in [1.165, 1.54) is 12.1 Å². The Labute approximate surface area is 169 Å². The van der Waals surface area contributed by atoms with E-state index in [4.69, 9.17) is 11.6 Å². The number of para-hydroxylation sites is 1. The van der Waals surface area contributed by atoms with Crippen molar-refractivity contribution >= 4 is 38.9 Å². The van der Waals surface area contributed by atoms with Gasteiger partial charge in [0.1, 0.15) is 6.54 Å². The fraction of sp³-hybridized carbons (Fsp3) is 0.0952. The first-order chi connectivity index (χ1) is 13.4. The minimum absolute atomic E-state index is 0.113. The molecule has 1 N–H and O–H groups in total. The minimum Gasteiger partial charge on any atom is -0.323 e. The normalized spacial score (nSPS) is 11.1. The monoisotopic (exact) mass is 414 g/mol. The van der Waals surface area contributed by atoms with Gasteiger partial charge in [0.15, 0.2) is 0 Å². The molecular weight excluding hydrogens is 396 g/mol. The number of hydrogen-bond donors (Lipinski definition) is 1. The predicted octanol–water partition coefficient (Wildman–Crippen LogP) is 4.48. The number of carbonyl (C=O) groups excluding carboxylic acids is 1. The van der Waals surface area contributed by atoms with Crippen molar-refractivity contribution in [2.75, 3.05) is 16.2 Å². The van der Waals surface area contributed by atoms with Gasteiger partial charge in [0.05, 0.1) is 21.3 Å². The molecule has 7 heteroatoms. The molecule has 0 aliphatic carbocycles. The zero-order valence-corrected chi connectivity index (χ0v) is 16.7. The van der Waals surface area contributed by atoms with Crippen LogP contribution in [0.3, 0.4) is 0 Å². The van der Waals surface area contributed by atoms with Crippen molar-refractivity contribution in [2.45, 2.75) is 11.8 Å². The fourth-order valence-corrected chi connectivity index (χ4v) is 4.32. The van der Waals surface area contributed by atoms with E-state index in [9.17, 15) is 13.2 Å². The second-order valence-corrected chi connectivity index (χ2v) is 8.46. The first-order valence-corrected chi connectivity index (χ1v) is 10.4. The Bertz CT molecular complexity index is 1090. The van der Waals surface area contributed by atoms with Gasteiger partial charge in [-0.15, -0.1) is 0 Å². The fourth-order valence-electron chi connectivity index (χ4n) is 2.70. The zero-order chi connectivity index (χ0) is 20.1. The molecule has 0 aliphatic rings. The van der Waals surface area contributed by atoms with Gasteiger partial charge in [-0.25, -0.2) is 8.42 Å². The molecule has 0 fully saturated rings. The first kappa shape index (κ1) is 19.9. The van der Waals surface area contributed by atoms with E-state index >= 15 is 0 Å². The van der Waals surface area contributed by atoms with Crippen molar-refractivity contribution in [3.8, 4) is 0 Å². The largest absolute Gasteiger partial charge is 0.323 e. The van der Waals surface area contributed by atoms with Gasteiger partial charge >= 0.3 is 0 Å². The summed E-state index contributed by atoms with van der Waals surface area (Å²) in [5, 5.41) is 3.05. The molecule has 28 heavy (non-hydrogen) atoms. The van der Waals surface area contributed by atoms with Crippen LogP contribution in [0.2, 0.25) is 5.02 Å². The average molecular weight is 415 g/mol. The molecular formula is C21H19ClN2O3S. The summed E-state index contributed by atoms with van der Waals surface area (Å²) in [7, 11) is -3.93. The standard InChI is InChI=1S/C21H19ClN2O3S/c1-16-8-7-9-17(14-16)24(28(26,27)18-10-3-2-4-11-18)15-21(25)23-20-13-6-5-12-19(20)22/h2-14H,15H2,1H3,(H,23,25). The molecule has 5 nitrogen and oxygen atoms in total. The van der Waals surface area contributed by atoms with E-state index < -0.39 is 15.9 Å². The van der Waals surface area contributed by atoms with Crippen molar-refractivity contribution in [1.29, 1.82) is 0 Å². The van der Waals surface area contributed by atoms with Crippen LogP contribution in [-0.2, 0) is 14.8 Å². The molecule has 144 valence electrons. The molecule has 0 saturated heterocycles. The van der Waals surface area contributed by atoms with Crippen LogP contribution in [0.15, 0.2) is 83.8 Å². The molecule has 0 aliphatic heterocycles. The van der Waals surface area contributed by atoms with Gasteiger partial charge in [-0.3, -0.25) is 9.10 Å². The summed E-state index contributed by atoms with van der Waals surface area (Å²) in [6.45, 7) is 1.48. The Morgan fingerprint density at radius 2 is 1.64 bits per heavy atom. The van der Waals surface area contributed by atoms with E-state index in [-0.39, 0.29) is 11.4 Å². The number of sulfonamides is 1. The number of halogens is 1. The molecule has 3 rings (SSSR count). The van der Waals surface area contributed by atoms with Gasteiger partial charge in [-0.05, 0) is 48.9 Å². The molecule has 0 spiro atoms. The Kier molecular flexibility index (Phi) is 6.02. The molecule has 0 saturated carbocycles. The summed E-state index contributed by atoms with van der Waals surface area (Å²) in [4.78, 5) is 12.7. The number of anilines is 2. The number of hydrogen-bond acceptors (Lipinski definition) is 3. The summed E-state index contributed by atoms with van der Waals surface area (Å²) < 4.78 is 27.5. The number of nitrogens with one attached hydrogen (secondary N) is 1. The van der Waals surface area contributed by atoms with Crippen molar-refractivity contribution in [3.05, 3.63) is 89.4 Å². The Morgan fingerprint density at radius 1 is 0.964 bits per heavy atom. The molecule has 0 aromatic heterocycles. The number of rotatable bonds is 6. The van der Waals surface area contributed by atoms with Crippen LogP contribution in [0.1, 0.15) is 5.56 Å². The van der Waals surface area contributed by atoms with Crippen LogP contribution < -0.4 is 9.62 Å². The number of aryl methyl sites for hydroxylation is 1. The number of benzene rings is 3. The molecule has 0 unspecified atom stereocenters. The highest BCUT2D eigenvalue weighted by atomic mass is 35.5. The maximum Gasteiger partial charge on any atom is 0.264 e. The third kappa shape index (κ3) is 4.52.